The van der Waals surface area contributed by atoms with Crippen LogP contribution in [0.4, 0.5) is 0 Å². The summed E-state index contributed by atoms with van der Waals surface area (Å²) in [5.74, 6) is -0.901. The molecule has 0 aliphatic heterocycles. The first-order valence-corrected chi connectivity index (χ1v) is 7.73. The molecule has 0 amide bonds. The van der Waals surface area contributed by atoms with Gasteiger partial charge in [0.15, 0.2) is 18.5 Å². The lowest BCUT2D eigenvalue weighted by molar-refractivity contribution is -0.605. The maximum absolute atomic E-state index is 12.4. The van der Waals surface area contributed by atoms with E-state index in [2.05, 4.69) is 20.8 Å². The Labute approximate surface area is 141 Å². The van der Waals surface area contributed by atoms with Crippen LogP contribution in [0.5, 0.6) is 0 Å². The smallest absolute Gasteiger partial charge is 0.339 e. The van der Waals surface area contributed by atoms with Crippen LogP contribution in [0.2, 0.25) is 0 Å². The SMILES string of the molecule is CC(OC(=O)c1cc[n+]([O-])cc1)C(=O)c1ccc(C(C)(C)C)cc1. The third-order valence-electron chi connectivity index (χ3n) is 3.73. The zero-order chi connectivity index (χ0) is 17.9. The number of Topliss-reactive ketones (excluding diaryl/α,β-unsaturated/α-hetero) is 1. The zero-order valence-corrected chi connectivity index (χ0v) is 14.3. The highest BCUT2D eigenvalue weighted by molar-refractivity contribution is 6.01. The monoisotopic (exact) mass is 327 g/mol. The van der Waals surface area contributed by atoms with Crippen LogP contribution in [0.3, 0.4) is 0 Å². The minimum Gasteiger partial charge on any atom is -0.619 e. The summed E-state index contributed by atoms with van der Waals surface area (Å²) in [7, 11) is 0. The highest BCUT2D eigenvalue weighted by Gasteiger charge is 2.21. The molecule has 1 heterocycles. The Morgan fingerprint density at radius 3 is 2.04 bits per heavy atom. The van der Waals surface area contributed by atoms with Crippen molar-refractivity contribution in [1.29, 1.82) is 0 Å². The molecule has 1 atom stereocenters. The number of pyridine rings is 1. The summed E-state index contributed by atoms with van der Waals surface area (Å²) in [4.78, 5) is 24.4. The number of carbonyl (C=O) groups excluding carboxylic acids is 2. The molecule has 0 fully saturated rings. The van der Waals surface area contributed by atoms with Gasteiger partial charge in [0.2, 0.25) is 5.78 Å². The molecule has 0 bridgehead atoms. The lowest BCUT2D eigenvalue weighted by Gasteiger charge is -2.19. The molecule has 0 radical (unpaired) electrons. The van der Waals surface area contributed by atoms with Crippen LogP contribution < -0.4 is 4.73 Å². The molecule has 0 spiro atoms. The number of nitrogens with zero attached hydrogens (tertiary/aromatic N) is 1. The van der Waals surface area contributed by atoms with E-state index in [0.29, 0.717) is 10.3 Å². The van der Waals surface area contributed by atoms with Crippen LogP contribution in [0, 0.1) is 5.21 Å². The average Bonchev–Trinajstić information content (AvgIpc) is 2.54. The molecule has 2 aromatic rings. The fraction of sp³-hybridized carbons (Fsp3) is 0.316. The quantitative estimate of drug-likeness (QED) is 0.374. The predicted octanol–water partition coefficient (Wildman–Crippen LogP) is 3.05. The largest absolute Gasteiger partial charge is 0.619 e. The topological polar surface area (TPSA) is 70.3 Å². The number of benzene rings is 1. The van der Waals surface area contributed by atoms with E-state index in [1.165, 1.54) is 31.5 Å². The second-order valence-corrected chi connectivity index (χ2v) is 6.69. The first kappa shape index (κ1) is 17.7. The van der Waals surface area contributed by atoms with Gasteiger partial charge in [-0.15, -0.1) is 0 Å². The first-order valence-electron chi connectivity index (χ1n) is 7.73. The van der Waals surface area contributed by atoms with Gasteiger partial charge in [0.05, 0.1) is 5.56 Å². The average molecular weight is 327 g/mol. The second-order valence-electron chi connectivity index (χ2n) is 6.69. The molecule has 0 N–H and O–H groups in total. The lowest BCUT2D eigenvalue weighted by Crippen LogP contribution is -2.27. The van der Waals surface area contributed by atoms with E-state index in [1.54, 1.807) is 12.1 Å². The molecule has 5 heteroatoms. The number of rotatable bonds is 4. The summed E-state index contributed by atoms with van der Waals surface area (Å²) in [5, 5.41) is 11.0. The van der Waals surface area contributed by atoms with E-state index in [1.807, 2.05) is 12.1 Å². The molecule has 0 aliphatic carbocycles. The van der Waals surface area contributed by atoms with E-state index in [-0.39, 0.29) is 16.8 Å². The summed E-state index contributed by atoms with van der Waals surface area (Å²) in [6, 6.07) is 10.0. The summed E-state index contributed by atoms with van der Waals surface area (Å²) < 4.78 is 5.76. The van der Waals surface area contributed by atoms with Gasteiger partial charge in [0.1, 0.15) is 0 Å². The Morgan fingerprint density at radius 1 is 1.00 bits per heavy atom. The molecule has 24 heavy (non-hydrogen) atoms. The summed E-state index contributed by atoms with van der Waals surface area (Å²) in [6.45, 7) is 7.83. The standard InChI is InChI=1S/C19H21NO4/c1-13(24-18(22)15-9-11-20(23)12-10-15)17(21)14-5-7-16(8-6-14)19(2,3)4/h5-13H,1-4H3. The van der Waals surface area contributed by atoms with Crippen molar-refractivity contribution in [1.82, 2.24) is 0 Å². The molecule has 1 aromatic carbocycles. The normalized spacial score (nSPS) is 12.5. The van der Waals surface area contributed by atoms with Crippen molar-refractivity contribution in [2.24, 2.45) is 0 Å². The molecule has 1 unspecified atom stereocenters. The van der Waals surface area contributed by atoms with Crippen molar-refractivity contribution in [2.45, 2.75) is 39.2 Å². The minimum absolute atomic E-state index is 0.00535. The van der Waals surface area contributed by atoms with E-state index in [9.17, 15) is 14.8 Å². The van der Waals surface area contributed by atoms with Crippen LogP contribution in [0.25, 0.3) is 0 Å². The Bertz CT molecular complexity index is 727. The highest BCUT2D eigenvalue weighted by atomic mass is 16.5. The highest BCUT2D eigenvalue weighted by Crippen LogP contribution is 2.22. The van der Waals surface area contributed by atoms with Crippen LogP contribution >= 0.6 is 0 Å². The van der Waals surface area contributed by atoms with Gasteiger partial charge in [-0.1, -0.05) is 45.0 Å². The van der Waals surface area contributed by atoms with Crippen molar-refractivity contribution >= 4 is 11.8 Å². The van der Waals surface area contributed by atoms with Gasteiger partial charge in [-0.2, -0.15) is 4.73 Å². The van der Waals surface area contributed by atoms with Gasteiger partial charge in [-0.3, -0.25) is 4.79 Å². The molecule has 0 saturated heterocycles. The minimum atomic E-state index is -0.905. The molecule has 0 aliphatic rings. The van der Waals surface area contributed by atoms with Crippen molar-refractivity contribution in [2.75, 3.05) is 0 Å². The van der Waals surface area contributed by atoms with Gasteiger partial charge in [-0.05, 0) is 17.9 Å². The van der Waals surface area contributed by atoms with Crippen LogP contribution in [-0.4, -0.2) is 17.9 Å². The van der Waals surface area contributed by atoms with Crippen LogP contribution in [0.1, 0.15) is 54.0 Å². The molecule has 5 nitrogen and oxygen atoms in total. The number of ketones is 1. The molecule has 0 saturated carbocycles. The molecule has 126 valence electrons. The van der Waals surface area contributed by atoms with Gasteiger partial charge in [0.25, 0.3) is 0 Å². The Balaban J connectivity index is 2.06. The number of aromatic nitrogens is 1. The van der Waals surface area contributed by atoms with E-state index >= 15 is 0 Å². The van der Waals surface area contributed by atoms with Crippen molar-refractivity contribution in [3.05, 3.63) is 70.7 Å². The molecule has 2 rings (SSSR count). The fourth-order valence-electron chi connectivity index (χ4n) is 2.20. The maximum atomic E-state index is 12.4. The zero-order valence-electron chi connectivity index (χ0n) is 14.3. The first-order chi connectivity index (χ1) is 11.2. The summed E-state index contributed by atoms with van der Waals surface area (Å²) in [5.41, 5.74) is 1.85. The van der Waals surface area contributed by atoms with Gasteiger partial charge in [0, 0.05) is 17.7 Å². The van der Waals surface area contributed by atoms with E-state index in [4.69, 9.17) is 4.74 Å². The van der Waals surface area contributed by atoms with Crippen LogP contribution in [-0.2, 0) is 10.2 Å². The van der Waals surface area contributed by atoms with E-state index < -0.39 is 12.1 Å². The summed E-state index contributed by atoms with van der Waals surface area (Å²) in [6.07, 6.45) is 1.50. The number of ether oxygens (including phenoxy) is 1. The van der Waals surface area contributed by atoms with Crippen molar-refractivity contribution < 1.29 is 19.1 Å². The number of hydrogen-bond acceptors (Lipinski definition) is 4. The molecular weight excluding hydrogens is 306 g/mol. The van der Waals surface area contributed by atoms with Crippen molar-refractivity contribution in [3.8, 4) is 0 Å². The molecule has 1 aromatic heterocycles. The van der Waals surface area contributed by atoms with Crippen LogP contribution in [0.15, 0.2) is 48.8 Å². The Morgan fingerprint density at radius 2 is 1.54 bits per heavy atom. The number of carbonyl (C=O) groups is 2. The summed E-state index contributed by atoms with van der Waals surface area (Å²) >= 11 is 0. The maximum Gasteiger partial charge on any atom is 0.339 e. The predicted molar refractivity (Wildman–Crippen MR) is 89.8 cm³/mol. The van der Waals surface area contributed by atoms with Gasteiger partial charge < -0.3 is 9.94 Å². The number of hydrogen-bond donors (Lipinski definition) is 0. The second kappa shape index (κ2) is 6.83. The third kappa shape index (κ3) is 4.19. The Kier molecular flexibility index (Phi) is 5.02. The number of esters is 1. The van der Waals surface area contributed by atoms with E-state index in [0.717, 1.165) is 5.56 Å². The Hall–Kier alpha value is -2.69. The molecular formula is C19H21NO4. The van der Waals surface area contributed by atoms with Gasteiger partial charge in [-0.25, -0.2) is 4.79 Å². The lowest BCUT2D eigenvalue weighted by atomic mass is 9.86. The third-order valence-corrected chi connectivity index (χ3v) is 3.73. The fourth-order valence-corrected chi connectivity index (χ4v) is 2.20. The van der Waals surface area contributed by atoms with Gasteiger partial charge >= 0.3 is 5.97 Å². The van der Waals surface area contributed by atoms with Crippen molar-refractivity contribution in [3.63, 3.8) is 0 Å².